The minimum atomic E-state index is 0.533. The molecule has 0 fully saturated rings. The van der Waals surface area contributed by atoms with Crippen LogP contribution in [0.3, 0.4) is 0 Å². The zero-order chi connectivity index (χ0) is 18.2. The minimum Gasteiger partial charge on any atom is -0.263 e. The lowest BCUT2D eigenvalue weighted by atomic mass is 10.1. The predicted octanol–water partition coefficient (Wildman–Crippen LogP) is 3.87. The Morgan fingerprint density at radius 2 is 1.92 bits per heavy atom. The summed E-state index contributed by atoms with van der Waals surface area (Å²) in [5.41, 5.74) is 5.28. The number of fused-ring (bicyclic) bond motifs is 5. The molecule has 0 amide bonds. The predicted molar refractivity (Wildman–Crippen MR) is 103 cm³/mol. The van der Waals surface area contributed by atoms with Gasteiger partial charge in [-0.1, -0.05) is 11.6 Å². The van der Waals surface area contributed by atoms with Crippen molar-refractivity contribution < 1.29 is 0 Å². The molecular weight excluding hydrogens is 370 g/mol. The van der Waals surface area contributed by atoms with Gasteiger partial charge >= 0.3 is 0 Å². The van der Waals surface area contributed by atoms with E-state index in [9.17, 15) is 0 Å². The van der Waals surface area contributed by atoms with E-state index < -0.39 is 0 Å². The van der Waals surface area contributed by atoms with Crippen LogP contribution in [0.4, 0.5) is 0 Å². The second kappa shape index (κ2) is 5.21. The van der Waals surface area contributed by atoms with E-state index in [1.807, 2.05) is 20.9 Å². The Labute approximate surface area is 157 Å². The first-order chi connectivity index (χ1) is 12.4. The quantitative estimate of drug-likeness (QED) is 0.439. The summed E-state index contributed by atoms with van der Waals surface area (Å²) in [6.07, 6.45) is 1.69. The monoisotopic (exact) mass is 383 g/mol. The van der Waals surface area contributed by atoms with E-state index in [-0.39, 0.29) is 0 Å². The fraction of sp³-hybridized carbons (Fsp3) is 0.235. The van der Waals surface area contributed by atoms with Gasteiger partial charge in [-0.25, -0.2) is 19.5 Å². The maximum atomic E-state index is 6.40. The van der Waals surface area contributed by atoms with Gasteiger partial charge in [0.2, 0.25) is 5.82 Å². The van der Waals surface area contributed by atoms with Gasteiger partial charge < -0.3 is 0 Å². The van der Waals surface area contributed by atoms with Gasteiger partial charge in [0.05, 0.1) is 16.2 Å². The highest BCUT2D eigenvalue weighted by Gasteiger charge is 2.20. The molecule has 0 spiro atoms. The molecule has 0 saturated heterocycles. The first-order valence-corrected chi connectivity index (χ1v) is 9.25. The Hall–Kier alpha value is -2.58. The molecule has 0 atom stereocenters. The molecule has 5 aromatic rings. The van der Waals surface area contributed by atoms with Crippen LogP contribution >= 0.6 is 22.9 Å². The third-order valence-corrected chi connectivity index (χ3v) is 5.97. The number of rotatable bonds is 1. The lowest BCUT2D eigenvalue weighted by molar-refractivity contribution is 0.758. The van der Waals surface area contributed by atoms with Crippen molar-refractivity contribution in [3.63, 3.8) is 0 Å². The third-order valence-electron chi connectivity index (χ3n) is 4.45. The molecule has 5 aromatic heterocycles. The normalized spacial score (nSPS) is 12.0. The van der Waals surface area contributed by atoms with Crippen molar-refractivity contribution in [2.24, 2.45) is 7.05 Å². The molecule has 5 heterocycles. The van der Waals surface area contributed by atoms with Crippen LogP contribution in [0.5, 0.6) is 0 Å². The van der Waals surface area contributed by atoms with Gasteiger partial charge in [0.25, 0.3) is 0 Å². The lowest BCUT2D eigenvalue weighted by Gasteiger charge is -1.98. The summed E-state index contributed by atoms with van der Waals surface area (Å²) in [5.74, 6) is 0.533. The second-order valence-electron chi connectivity index (χ2n) is 6.36. The molecule has 9 heteroatoms. The van der Waals surface area contributed by atoms with Gasteiger partial charge in [0.1, 0.15) is 21.6 Å². The topological polar surface area (TPSA) is 73.8 Å². The van der Waals surface area contributed by atoms with E-state index in [2.05, 4.69) is 33.2 Å². The summed E-state index contributed by atoms with van der Waals surface area (Å²) in [6.45, 7) is 5.95. The molecular formula is C17H14ClN7S. The number of aryl methyl sites for hydroxylation is 4. The van der Waals surface area contributed by atoms with Crippen LogP contribution in [0.1, 0.15) is 17.0 Å². The van der Waals surface area contributed by atoms with Gasteiger partial charge in [-0.2, -0.15) is 5.10 Å². The third kappa shape index (κ3) is 2.02. The highest BCUT2D eigenvalue weighted by Crippen LogP contribution is 2.36. The number of nitrogens with zero attached hydrogens (tertiary/aromatic N) is 7. The van der Waals surface area contributed by atoms with E-state index in [1.165, 1.54) is 5.56 Å². The number of halogens is 1. The molecule has 7 nitrogen and oxygen atoms in total. The maximum absolute atomic E-state index is 6.40. The summed E-state index contributed by atoms with van der Waals surface area (Å²) >= 11 is 7.99. The largest absolute Gasteiger partial charge is 0.263 e. The number of pyridine rings is 1. The van der Waals surface area contributed by atoms with Crippen LogP contribution in [-0.2, 0) is 7.05 Å². The molecule has 0 aromatic carbocycles. The van der Waals surface area contributed by atoms with Crippen molar-refractivity contribution in [1.29, 1.82) is 0 Å². The van der Waals surface area contributed by atoms with Crippen molar-refractivity contribution in [2.45, 2.75) is 20.8 Å². The van der Waals surface area contributed by atoms with Gasteiger partial charge in [-0.05, 0) is 32.4 Å². The SMILES string of the molecule is Cc1cc(C)c2c(n1)sc1c2ncn2nc(-c3c(Cl)c(C)nn3C)nc12. The van der Waals surface area contributed by atoms with Crippen LogP contribution in [0.15, 0.2) is 12.4 Å². The molecule has 0 aliphatic heterocycles. The van der Waals surface area contributed by atoms with Gasteiger partial charge in [0.15, 0.2) is 5.65 Å². The zero-order valence-corrected chi connectivity index (χ0v) is 16.1. The molecule has 0 aliphatic carbocycles. The van der Waals surface area contributed by atoms with E-state index in [1.54, 1.807) is 26.9 Å². The van der Waals surface area contributed by atoms with Crippen LogP contribution in [0, 0.1) is 20.8 Å². The van der Waals surface area contributed by atoms with Crippen LogP contribution in [-0.4, -0.2) is 34.3 Å². The van der Waals surface area contributed by atoms with Gasteiger partial charge in [-0.3, -0.25) is 4.68 Å². The van der Waals surface area contributed by atoms with Crippen molar-refractivity contribution in [1.82, 2.24) is 34.3 Å². The van der Waals surface area contributed by atoms with E-state index in [0.717, 1.165) is 37.5 Å². The smallest absolute Gasteiger partial charge is 0.202 e. The number of aromatic nitrogens is 7. The first-order valence-electron chi connectivity index (χ1n) is 8.05. The fourth-order valence-corrected chi connectivity index (χ4v) is 4.81. The molecule has 0 saturated carbocycles. The lowest BCUT2D eigenvalue weighted by Crippen LogP contribution is -1.95. The number of hydrogen-bond acceptors (Lipinski definition) is 6. The van der Waals surface area contributed by atoms with E-state index >= 15 is 0 Å². The van der Waals surface area contributed by atoms with Crippen molar-refractivity contribution in [3.05, 3.63) is 34.4 Å². The highest BCUT2D eigenvalue weighted by atomic mass is 35.5. The Morgan fingerprint density at radius 3 is 2.65 bits per heavy atom. The summed E-state index contributed by atoms with van der Waals surface area (Å²) < 4.78 is 4.36. The highest BCUT2D eigenvalue weighted by molar-refractivity contribution is 7.26. The Kier molecular flexibility index (Phi) is 3.14. The summed E-state index contributed by atoms with van der Waals surface area (Å²) in [4.78, 5) is 15.0. The molecule has 0 aliphatic rings. The number of thiophene rings is 1. The van der Waals surface area contributed by atoms with E-state index in [0.29, 0.717) is 16.5 Å². The zero-order valence-electron chi connectivity index (χ0n) is 14.6. The standard InChI is InChI=1S/C17H14ClN7S/c1-7-5-8(2)20-17-10(7)12-14(26-17)16-21-15(23-25(16)6-19-12)13-11(18)9(3)22-24(13)4/h5-6H,1-4H3. The van der Waals surface area contributed by atoms with Gasteiger partial charge in [-0.15, -0.1) is 16.4 Å². The Balaban J connectivity index is 1.86. The molecule has 0 N–H and O–H groups in total. The Morgan fingerprint density at radius 1 is 1.12 bits per heavy atom. The summed E-state index contributed by atoms with van der Waals surface area (Å²) in [7, 11) is 1.84. The average molecular weight is 384 g/mol. The van der Waals surface area contributed by atoms with Crippen LogP contribution in [0.25, 0.3) is 37.6 Å². The second-order valence-corrected chi connectivity index (χ2v) is 7.74. The Bertz CT molecular complexity index is 1340. The minimum absolute atomic E-state index is 0.533. The fourth-order valence-electron chi connectivity index (χ4n) is 3.34. The molecule has 5 rings (SSSR count). The van der Waals surface area contributed by atoms with Crippen LogP contribution < -0.4 is 0 Å². The molecule has 0 bridgehead atoms. The summed E-state index contributed by atoms with van der Waals surface area (Å²) in [6, 6.07) is 2.08. The average Bonchev–Trinajstić information content (AvgIpc) is 3.20. The van der Waals surface area contributed by atoms with Crippen LogP contribution in [0.2, 0.25) is 5.02 Å². The van der Waals surface area contributed by atoms with Crippen molar-refractivity contribution in [2.75, 3.05) is 0 Å². The first kappa shape index (κ1) is 15.7. The number of hydrogen-bond donors (Lipinski definition) is 0. The van der Waals surface area contributed by atoms with E-state index in [4.69, 9.17) is 16.6 Å². The van der Waals surface area contributed by atoms with Crippen molar-refractivity contribution >= 4 is 49.0 Å². The maximum Gasteiger partial charge on any atom is 0.202 e. The molecule has 26 heavy (non-hydrogen) atoms. The van der Waals surface area contributed by atoms with Gasteiger partial charge in [0, 0.05) is 18.1 Å². The van der Waals surface area contributed by atoms with Crippen molar-refractivity contribution in [3.8, 4) is 11.5 Å². The molecule has 130 valence electrons. The molecule has 0 unspecified atom stereocenters. The molecule has 0 radical (unpaired) electrons. The summed E-state index contributed by atoms with van der Waals surface area (Å²) in [5, 5.41) is 10.6.